The molecular formula is C14H15N. The zero-order valence-electron chi connectivity index (χ0n) is 9.20. The Hall–Kier alpha value is -1.76. The van der Waals surface area contributed by atoms with Crippen molar-refractivity contribution in [3.8, 4) is 0 Å². The Morgan fingerprint density at radius 1 is 1.27 bits per heavy atom. The maximum Gasteiger partial charge on any atom is 0.0557 e. The van der Waals surface area contributed by atoms with Crippen LogP contribution in [0.2, 0.25) is 0 Å². The third-order valence-corrected chi connectivity index (χ3v) is 2.66. The van der Waals surface area contributed by atoms with Crippen molar-refractivity contribution in [2.75, 3.05) is 0 Å². The van der Waals surface area contributed by atoms with E-state index in [0.29, 0.717) is 0 Å². The SMILES string of the molecule is C=Cc1c(/C=C\C)ccc2ccn(C)c12. The molecule has 0 fully saturated rings. The lowest BCUT2D eigenvalue weighted by Gasteiger charge is -2.05. The van der Waals surface area contributed by atoms with Crippen LogP contribution in [0.4, 0.5) is 0 Å². The molecule has 1 aromatic carbocycles. The summed E-state index contributed by atoms with van der Waals surface area (Å²) in [6, 6.07) is 6.42. The lowest BCUT2D eigenvalue weighted by molar-refractivity contribution is 0.968. The Labute approximate surface area is 90.3 Å². The van der Waals surface area contributed by atoms with E-state index in [2.05, 4.69) is 54.7 Å². The van der Waals surface area contributed by atoms with Gasteiger partial charge < -0.3 is 4.57 Å². The first kappa shape index (κ1) is 9.78. The van der Waals surface area contributed by atoms with Crippen molar-refractivity contribution in [2.45, 2.75) is 6.92 Å². The molecule has 1 heterocycles. The quantitative estimate of drug-likeness (QED) is 0.689. The molecule has 1 aromatic heterocycles. The summed E-state index contributed by atoms with van der Waals surface area (Å²) in [4.78, 5) is 0. The minimum absolute atomic E-state index is 1.21. The molecule has 0 aliphatic rings. The fourth-order valence-corrected chi connectivity index (χ4v) is 1.97. The molecule has 0 spiro atoms. The highest BCUT2D eigenvalue weighted by Gasteiger charge is 2.05. The van der Waals surface area contributed by atoms with E-state index in [1.54, 1.807) is 0 Å². The van der Waals surface area contributed by atoms with Gasteiger partial charge in [-0.2, -0.15) is 0 Å². The van der Waals surface area contributed by atoms with Crippen molar-refractivity contribution in [1.29, 1.82) is 0 Å². The summed E-state index contributed by atoms with van der Waals surface area (Å²) in [5.41, 5.74) is 3.68. The van der Waals surface area contributed by atoms with Gasteiger partial charge >= 0.3 is 0 Å². The molecule has 0 aliphatic carbocycles. The second-order valence-electron chi connectivity index (χ2n) is 3.64. The summed E-state index contributed by atoms with van der Waals surface area (Å²) < 4.78 is 2.14. The van der Waals surface area contributed by atoms with Crippen molar-refractivity contribution < 1.29 is 0 Å². The van der Waals surface area contributed by atoms with Crippen LogP contribution in [0.15, 0.2) is 37.1 Å². The number of hydrogen-bond acceptors (Lipinski definition) is 0. The molecule has 2 rings (SSSR count). The highest BCUT2D eigenvalue weighted by Crippen LogP contribution is 2.25. The first-order chi connectivity index (χ1) is 7.27. The van der Waals surface area contributed by atoms with Crippen LogP contribution in [0.1, 0.15) is 18.1 Å². The molecule has 15 heavy (non-hydrogen) atoms. The van der Waals surface area contributed by atoms with Gasteiger partial charge in [-0.05, 0) is 18.6 Å². The summed E-state index contributed by atoms with van der Waals surface area (Å²) in [6.45, 7) is 5.93. The lowest BCUT2D eigenvalue weighted by Crippen LogP contribution is -1.90. The van der Waals surface area contributed by atoms with Crippen molar-refractivity contribution in [1.82, 2.24) is 4.57 Å². The number of aryl methyl sites for hydroxylation is 1. The van der Waals surface area contributed by atoms with Crippen molar-refractivity contribution in [2.24, 2.45) is 7.05 Å². The molecule has 0 saturated carbocycles. The van der Waals surface area contributed by atoms with E-state index in [4.69, 9.17) is 0 Å². The molecule has 0 atom stereocenters. The van der Waals surface area contributed by atoms with Gasteiger partial charge in [0.05, 0.1) is 5.52 Å². The number of fused-ring (bicyclic) bond motifs is 1. The Morgan fingerprint density at radius 3 is 2.73 bits per heavy atom. The van der Waals surface area contributed by atoms with E-state index in [-0.39, 0.29) is 0 Å². The minimum Gasteiger partial charge on any atom is -0.350 e. The molecule has 1 heteroatoms. The maximum atomic E-state index is 3.90. The highest BCUT2D eigenvalue weighted by atomic mass is 14.9. The van der Waals surface area contributed by atoms with Gasteiger partial charge in [0.2, 0.25) is 0 Å². The maximum absolute atomic E-state index is 3.90. The Kier molecular flexibility index (Phi) is 2.46. The van der Waals surface area contributed by atoms with Crippen LogP contribution < -0.4 is 0 Å². The van der Waals surface area contributed by atoms with Crippen LogP contribution in [0.25, 0.3) is 23.1 Å². The number of nitrogens with zero attached hydrogens (tertiary/aromatic N) is 1. The molecule has 0 bridgehead atoms. The Bertz CT molecular complexity index is 530. The van der Waals surface area contributed by atoms with Gasteiger partial charge in [0.1, 0.15) is 0 Å². The second kappa shape index (κ2) is 3.77. The van der Waals surface area contributed by atoms with Crippen LogP contribution in [-0.4, -0.2) is 4.57 Å². The van der Waals surface area contributed by atoms with Gasteiger partial charge in [-0.1, -0.05) is 36.9 Å². The Morgan fingerprint density at radius 2 is 2.07 bits per heavy atom. The van der Waals surface area contributed by atoms with E-state index in [9.17, 15) is 0 Å². The molecule has 76 valence electrons. The molecule has 0 aliphatic heterocycles. The topological polar surface area (TPSA) is 4.93 Å². The molecule has 1 nitrogen and oxygen atoms in total. The van der Waals surface area contributed by atoms with E-state index in [1.807, 2.05) is 13.0 Å². The second-order valence-corrected chi connectivity index (χ2v) is 3.64. The molecule has 0 unspecified atom stereocenters. The predicted octanol–water partition coefficient (Wildman–Crippen LogP) is 3.85. The van der Waals surface area contributed by atoms with E-state index < -0.39 is 0 Å². The number of hydrogen-bond donors (Lipinski definition) is 0. The standard InChI is InChI=1S/C14H15N/c1-4-6-11-7-8-12-9-10-15(3)14(12)13(11)5-2/h4-10H,2H2,1,3H3/b6-4-. The first-order valence-corrected chi connectivity index (χ1v) is 5.11. The number of rotatable bonds is 2. The van der Waals surface area contributed by atoms with E-state index in [1.165, 1.54) is 22.0 Å². The predicted molar refractivity (Wildman–Crippen MR) is 67.7 cm³/mol. The van der Waals surface area contributed by atoms with Crippen molar-refractivity contribution in [3.63, 3.8) is 0 Å². The van der Waals surface area contributed by atoms with Crippen LogP contribution >= 0.6 is 0 Å². The van der Waals surface area contributed by atoms with Gasteiger partial charge in [0, 0.05) is 24.2 Å². The third kappa shape index (κ3) is 1.50. The van der Waals surface area contributed by atoms with Gasteiger partial charge in [0.25, 0.3) is 0 Å². The van der Waals surface area contributed by atoms with E-state index in [0.717, 1.165) is 0 Å². The number of benzene rings is 1. The van der Waals surface area contributed by atoms with Crippen LogP contribution in [-0.2, 0) is 7.05 Å². The molecule has 0 radical (unpaired) electrons. The van der Waals surface area contributed by atoms with Gasteiger partial charge in [-0.25, -0.2) is 0 Å². The summed E-state index contributed by atoms with van der Waals surface area (Å²) in [5, 5.41) is 1.26. The highest BCUT2D eigenvalue weighted by molar-refractivity contribution is 5.92. The molecule has 2 aromatic rings. The van der Waals surface area contributed by atoms with Crippen LogP contribution in [0, 0.1) is 0 Å². The van der Waals surface area contributed by atoms with Crippen molar-refractivity contribution in [3.05, 3.63) is 48.2 Å². The van der Waals surface area contributed by atoms with Crippen LogP contribution in [0.5, 0.6) is 0 Å². The summed E-state index contributed by atoms with van der Waals surface area (Å²) in [5.74, 6) is 0. The average Bonchev–Trinajstić information content (AvgIpc) is 2.61. The fraction of sp³-hybridized carbons (Fsp3) is 0.143. The summed E-state index contributed by atoms with van der Waals surface area (Å²) in [7, 11) is 2.06. The lowest BCUT2D eigenvalue weighted by atomic mass is 10.0. The summed E-state index contributed by atoms with van der Waals surface area (Å²) >= 11 is 0. The normalized spacial score (nSPS) is 11.3. The monoisotopic (exact) mass is 197 g/mol. The minimum atomic E-state index is 1.21. The van der Waals surface area contributed by atoms with Gasteiger partial charge in [-0.15, -0.1) is 0 Å². The molecule has 0 N–H and O–H groups in total. The summed E-state index contributed by atoms with van der Waals surface area (Å²) in [6.07, 6.45) is 8.18. The largest absolute Gasteiger partial charge is 0.350 e. The van der Waals surface area contributed by atoms with Gasteiger partial charge in [-0.3, -0.25) is 0 Å². The van der Waals surface area contributed by atoms with Crippen LogP contribution in [0.3, 0.4) is 0 Å². The fourth-order valence-electron chi connectivity index (χ4n) is 1.97. The molecule has 0 amide bonds. The third-order valence-electron chi connectivity index (χ3n) is 2.66. The molecule has 0 saturated heterocycles. The zero-order valence-corrected chi connectivity index (χ0v) is 9.20. The number of allylic oxidation sites excluding steroid dienone is 1. The van der Waals surface area contributed by atoms with Gasteiger partial charge in [0.15, 0.2) is 0 Å². The van der Waals surface area contributed by atoms with Crippen molar-refractivity contribution >= 4 is 23.1 Å². The molecular weight excluding hydrogens is 182 g/mol. The Balaban J connectivity index is 2.85. The zero-order chi connectivity index (χ0) is 10.8. The smallest absolute Gasteiger partial charge is 0.0557 e. The first-order valence-electron chi connectivity index (χ1n) is 5.11. The number of aromatic nitrogens is 1. The van der Waals surface area contributed by atoms with E-state index >= 15 is 0 Å². The average molecular weight is 197 g/mol.